The van der Waals surface area contributed by atoms with Gasteiger partial charge in [-0.15, -0.1) is 0 Å². The van der Waals surface area contributed by atoms with Crippen LogP contribution < -0.4 is 4.90 Å². The van der Waals surface area contributed by atoms with Crippen molar-refractivity contribution in [3.05, 3.63) is 216 Å². The van der Waals surface area contributed by atoms with Crippen LogP contribution in [0.1, 0.15) is 49.9 Å². The van der Waals surface area contributed by atoms with Gasteiger partial charge in [0.2, 0.25) is 0 Å². The third-order valence-electron chi connectivity index (χ3n) is 13.8. The average molecular weight is 769 g/mol. The lowest BCUT2D eigenvalue weighted by Gasteiger charge is -2.29. The van der Waals surface area contributed by atoms with E-state index in [9.17, 15) is 0 Å². The highest BCUT2D eigenvalue weighted by atomic mass is 15.1. The summed E-state index contributed by atoms with van der Waals surface area (Å²) in [6.45, 7) is 9.52. The Morgan fingerprint density at radius 2 is 0.883 bits per heavy atom. The molecule has 0 atom stereocenters. The van der Waals surface area contributed by atoms with Gasteiger partial charge in [-0.2, -0.15) is 0 Å². The van der Waals surface area contributed by atoms with Crippen molar-refractivity contribution in [1.29, 1.82) is 0 Å². The zero-order chi connectivity index (χ0) is 40.3. The fourth-order valence-electron chi connectivity index (χ4n) is 10.7. The van der Waals surface area contributed by atoms with Crippen LogP contribution in [-0.4, -0.2) is 4.57 Å². The maximum atomic E-state index is 2.45. The summed E-state index contributed by atoms with van der Waals surface area (Å²) in [5.74, 6) is 0. The lowest BCUT2D eigenvalue weighted by atomic mass is 9.81. The Morgan fingerprint density at radius 3 is 1.65 bits per heavy atom. The lowest BCUT2D eigenvalue weighted by molar-refractivity contribution is 0.660. The predicted molar refractivity (Wildman–Crippen MR) is 254 cm³/mol. The third kappa shape index (κ3) is 4.94. The molecule has 0 fully saturated rings. The smallest absolute Gasteiger partial charge is 0.0541 e. The molecule has 9 aromatic carbocycles. The molecule has 2 aliphatic rings. The Labute approximate surface area is 351 Å². The molecule has 0 unspecified atom stereocenters. The highest BCUT2D eigenvalue weighted by molar-refractivity contribution is 6.11. The van der Waals surface area contributed by atoms with E-state index in [-0.39, 0.29) is 10.8 Å². The van der Waals surface area contributed by atoms with Gasteiger partial charge in [0.25, 0.3) is 0 Å². The van der Waals surface area contributed by atoms with Gasteiger partial charge >= 0.3 is 0 Å². The molecule has 0 spiro atoms. The van der Waals surface area contributed by atoms with E-state index in [1.807, 2.05) is 0 Å². The minimum atomic E-state index is -0.199. The minimum absolute atomic E-state index is 0.0814. The fourth-order valence-corrected chi connectivity index (χ4v) is 10.7. The maximum Gasteiger partial charge on any atom is 0.0541 e. The Hall–Kier alpha value is -7.16. The Kier molecular flexibility index (Phi) is 7.36. The molecule has 0 bridgehead atoms. The Morgan fingerprint density at radius 1 is 0.350 bits per heavy atom. The van der Waals surface area contributed by atoms with Gasteiger partial charge in [0.05, 0.1) is 16.7 Å². The van der Waals surface area contributed by atoms with Gasteiger partial charge in [0.1, 0.15) is 0 Å². The Balaban J connectivity index is 0.950. The predicted octanol–water partition coefficient (Wildman–Crippen LogP) is 15.7. The van der Waals surface area contributed by atoms with E-state index in [1.165, 1.54) is 105 Å². The first-order chi connectivity index (χ1) is 29.3. The van der Waals surface area contributed by atoms with Gasteiger partial charge in [-0.3, -0.25) is 0 Å². The number of aromatic nitrogens is 1. The molecular formula is C58H44N2. The third-order valence-corrected chi connectivity index (χ3v) is 13.8. The van der Waals surface area contributed by atoms with E-state index in [0.29, 0.717) is 0 Å². The van der Waals surface area contributed by atoms with Crippen LogP contribution >= 0.6 is 0 Å². The van der Waals surface area contributed by atoms with Crippen LogP contribution in [0.5, 0.6) is 0 Å². The van der Waals surface area contributed by atoms with Crippen LogP contribution in [0.4, 0.5) is 17.1 Å². The monoisotopic (exact) mass is 768 g/mol. The summed E-state index contributed by atoms with van der Waals surface area (Å²) < 4.78 is 2.44. The van der Waals surface area contributed by atoms with Crippen molar-refractivity contribution < 1.29 is 0 Å². The molecule has 2 aliphatic carbocycles. The molecule has 10 aromatic rings. The summed E-state index contributed by atoms with van der Waals surface area (Å²) in [5, 5.41) is 5.04. The molecule has 1 heterocycles. The van der Waals surface area contributed by atoms with Gasteiger partial charge in [-0.05, 0) is 128 Å². The summed E-state index contributed by atoms with van der Waals surface area (Å²) in [6, 6.07) is 72.2. The van der Waals surface area contributed by atoms with Crippen LogP contribution in [0.25, 0.3) is 71.6 Å². The first-order valence-electron chi connectivity index (χ1n) is 21.2. The van der Waals surface area contributed by atoms with Gasteiger partial charge in [0.15, 0.2) is 0 Å². The molecule has 2 heteroatoms. The van der Waals surface area contributed by atoms with Crippen molar-refractivity contribution in [1.82, 2.24) is 4.57 Å². The molecule has 60 heavy (non-hydrogen) atoms. The molecule has 12 rings (SSSR count). The summed E-state index contributed by atoms with van der Waals surface area (Å²) in [5.41, 5.74) is 20.2. The molecular weight excluding hydrogens is 725 g/mol. The molecule has 0 saturated carbocycles. The number of rotatable bonds is 5. The van der Waals surface area contributed by atoms with E-state index in [0.717, 1.165) is 5.69 Å². The van der Waals surface area contributed by atoms with Gasteiger partial charge in [-0.1, -0.05) is 155 Å². The van der Waals surface area contributed by atoms with E-state index in [2.05, 4.69) is 231 Å². The second-order valence-electron chi connectivity index (χ2n) is 17.8. The number of nitrogens with zero attached hydrogens (tertiary/aromatic N) is 2. The molecule has 0 saturated heterocycles. The van der Waals surface area contributed by atoms with Crippen molar-refractivity contribution in [3.63, 3.8) is 0 Å². The minimum Gasteiger partial charge on any atom is -0.310 e. The van der Waals surface area contributed by atoms with Crippen LogP contribution in [0.15, 0.2) is 194 Å². The highest BCUT2D eigenvalue weighted by Gasteiger charge is 2.38. The largest absolute Gasteiger partial charge is 0.310 e. The summed E-state index contributed by atoms with van der Waals surface area (Å²) >= 11 is 0. The van der Waals surface area contributed by atoms with Gasteiger partial charge < -0.3 is 9.47 Å². The molecule has 2 nitrogen and oxygen atoms in total. The van der Waals surface area contributed by atoms with Crippen molar-refractivity contribution in [2.24, 2.45) is 0 Å². The molecule has 1 aromatic heterocycles. The quantitative estimate of drug-likeness (QED) is 0.169. The van der Waals surface area contributed by atoms with Crippen LogP contribution in [0.2, 0.25) is 0 Å². The number of fused-ring (bicyclic) bond motifs is 10. The number of anilines is 3. The number of benzene rings is 9. The first kappa shape index (κ1) is 34.8. The maximum absolute atomic E-state index is 2.45. The second kappa shape index (κ2) is 12.7. The molecule has 0 N–H and O–H groups in total. The number of hydrogen-bond acceptors (Lipinski definition) is 1. The molecule has 286 valence electrons. The van der Waals surface area contributed by atoms with Crippen LogP contribution in [0, 0.1) is 0 Å². The zero-order valence-electron chi connectivity index (χ0n) is 34.4. The summed E-state index contributed by atoms with van der Waals surface area (Å²) in [6.07, 6.45) is 0. The second-order valence-corrected chi connectivity index (χ2v) is 17.8. The van der Waals surface area contributed by atoms with Crippen molar-refractivity contribution in [3.8, 4) is 39.1 Å². The summed E-state index contributed by atoms with van der Waals surface area (Å²) in [7, 11) is 0. The van der Waals surface area contributed by atoms with E-state index >= 15 is 0 Å². The topological polar surface area (TPSA) is 8.17 Å². The van der Waals surface area contributed by atoms with Crippen molar-refractivity contribution in [2.75, 3.05) is 4.90 Å². The molecule has 0 radical (unpaired) electrons. The van der Waals surface area contributed by atoms with Crippen molar-refractivity contribution >= 4 is 49.6 Å². The average Bonchev–Trinajstić information content (AvgIpc) is 3.82. The van der Waals surface area contributed by atoms with Crippen LogP contribution in [-0.2, 0) is 10.8 Å². The summed E-state index contributed by atoms with van der Waals surface area (Å²) in [4.78, 5) is 2.44. The molecule has 0 amide bonds. The standard InChI is InChI=1S/C58H44N2/c1-57(2)50-22-12-10-20-44(50)46-30-27-41(35-52(46)57)59(40-17-6-5-7-18-40)42-28-31-47-45-29-25-39(34-51(45)58(3,4)53(47)36-42)38-26-32-56-49(33-38)48-21-11-13-23-55(48)60(56)54-24-14-16-37-15-8-9-19-43(37)54/h5-36H,1-4H3. The zero-order valence-corrected chi connectivity index (χ0v) is 34.4. The van der Waals surface area contributed by atoms with Crippen molar-refractivity contribution in [2.45, 2.75) is 38.5 Å². The van der Waals surface area contributed by atoms with E-state index in [1.54, 1.807) is 0 Å². The van der Waals surface area contributed by atoms with Gasteiger partial charge in [0, 0.05) is 44.1 Å². The first-order valence-corrected chi connectivity index (χ1v) is 21.2. The molecule has 0 aliphatic heterocycles. The number of para-hydroxylation sites is 2. The van der Waals surface area contributed by atoms with E-state index in [4.69, 9.17) is 0 Å². The lowest BCUT2D eigenvalue weighted by Crippen LogP contribution is -2.18. The van der Waals surface area contributed by atoms with E-state index < -0.39 is 0 Å². The number of hydrogen-bond donors (Lipinski definition) is 0. The Bertz CT molecular complexity index is 3380. The van der Waals surface area contributed by atoms with Crippen LogP contribution in [0.3, 0.4) is 0 Å². The normalized spacial score (nSPS) is 14.3. The fraction of sp³-hybridized carbons (Fsp3) is 0.103. The SMILES string of the molecule is CC1(C)c2ccccc2-c2ccc(N(c3ccccc3)c3ccc4c(c3)C(C)(C)c3cc(-c5ccc6c(c5)c5ccccc5n6-c5cccc6ccccc56)ccc3-4)cc21. The highest BCUT2D eigenvalue weighted by Crippen LogP contribution is 2.54. The van der Waals surface area contributed by atoms with Gasteiger partial charge in [-0.25, -0.2) is 0 Å².